The van der Waals surface area contributed by atoms with Gasteiger partial charge in [0.05, 0.1) is 6.61 Å². The molecule has 5 nitrogen and oxygen atoms in total. The van der Waals surface area contributed by atoms with Crippen LogP contribution in [-0.4, -0.2) is 28.2 Å². The Hall–Kier alpha value is -1.40. The van der Waals surface area contributed by atoms with Crippen molar-refractivity contribution in [1.29, 1.82) is 0 Å². The highest BCUT2D eigenvalue weighted by Crippen LogP contribution is 2.17. The molecule has 0 aliphatic heterocycles. The van der Waals surface area contributed by atoms with Crippen LogP contribution in [0.2, 0.25) is 0 Å². The summed E-state index contributed by atoms with van der Waals surface area (Å²) in [5.41, 5.74) is 11.5. The second-order valence-corrected chi connectivity index (χ2v) is 5.35. The van der Waals surface area contributed by atoms with E-state index in [9.17, 15) is 9.00 Å². The summed E-state index contributed by atoms with van der Waals surface area (Å²) in [5, 5.41) is 0. The SMILES string of the molecule is NCc1ccccc1OCCCS(=O)CC(N)=O. The number of carbonyl (C=O) groups is 1. The van der Waals surface area contributed by atoms with E-state index in [4.69, 9.17) is 16.2 Å². The quantitative estimate of drug-likeness (QED) is 0.657. The van der Waals surface area contributed by atoms with Gasteiger partial charge in [0, 0.05) is 28.7 Å². The lowest BCUT2D eigenvalue weighted by Gasteiger charge is -2.09. The van der Waals surface area contributed by atoms with Gasteiger partial charge in [-0.15, -0.1) is 0 Å². The Morgan fingerprint density at radius 3 is 2.72 bits per heavy atom. The summed E-state index contributed by atoms with van der Waals surface area (Å²) in [6.07, 6.45) is 0.610. The maximum absolute atomic E-state index is 11.3. The van der Waals surface area contributed by atoms with Gasteiger partial charge in [0.2, 0.25) is 5.91 Å². The van der Waals surface area contributed by atoms with Crippen molar-refractivity contribution in [3.05, 3.63) is 29.8 Å². The molecule has 1 aromatic rings. The number of ether oxygens (including phenoxy) is 1. The minimum absolute atomic E-state index is 0.0839. The first-order chi connectivity index (χ1) is 8.63. The largest absolute Gasteiger partial charge is 0.493 e. The van der Waals surface area contributed by atoms with Gasteiger partial charge in [-0.3, -0.25) is 9.00 Å². The van der Waals surface area contributed by atoms with Crippen molar-refractivity contribution in [2.24, 2.45) is 11.5 Å². The lowest BCUT2D eigenvalue weighted by atomic mass is 10.2. The van der Waals surface area contributed by atoms with Gasteiger partial charge in [-0.1, -0.05) is 18.2 Å². The number of para-hydroxylation sites is 1. The molecule has 4 N–H and O–H groups in total. The van der Waals surface area contributed by atoms with E-state index < -0.39 is 16.7 Å². The van der Waals surface area contributed by atoms with E-state index in [1.54, 1.807) is 0 Å². The molecule has 0 spiro atoms. The molecule has 0 aliphatic rings. The number of rotatable bonds is 8. The minimum atomic E-state index is -1.19. The van der Waals surface area contributed by atoms with Crippen molar-refractivity contribution in [2.45, 2.75) is 13.0 Å². The number of amides is 1. The van der Waals surface area contributed by atoms with Gasteiger partial charge in [0.1, 0.15) is 11.5 Å². The summed E-state index contributed by atoms with van der Waals surface area (Å²) >= 11 is 0. The van der Waals surface area contributed by atoms with Crippen LogP contribution < -0.4 is 16.2 Å². The van der Waals surface area contributed by atoms with Gasteiger partial charge in [-0.25, -0.2) is 0 Å². The van der Waals surface area contributed by atoms with Crippen molar-refractivity contribution in [3.8, 4) is 5.75 Å². The second kappa shape index (κ2) is 7.84. The maximum atomic E-state index is 11.3. The molecule has 0 saturated carbocycles. The van der Waals surface area contributed by atoms with Crippen molar-refractivity contribution in [3.63, 3.8) is 0 Å². The van der Waals surface area contributed by atoms with E-state index in [2.05, 4.69) is 0 Å². The molecule has 0 aromatic heterocycles. The third-order valence-electron chi connectivity index (χ3n) is 2.27. The fourth-order valence-corrected chi connectivity index (χ4v) is 2.35. The summed E-state index contributed by atoms with van der Waals surface area (Å²) < 4.78 is 16.9. The Bertz CT molecular complexity index is 424. The highest BCUT2D eigenvalue weighted by molar-refractivity contribution is 7.85. The molecular weight excluding hydrogens is 252 g/mol. The lowest BCUT2D eigenvalue weighted by molar-refractivity contribution is -0.115. The molecule has 1 unspecified atom stereocenters. The Balaban J connectivity index is 2.29. The molecule has 1 aromatic carbocycles. The molecule has 100 valence electrons. The van der Waals surface area contributed by atoms with E-state index in [0.717, 1.165) is 11.3 Å². The zero-order chi connectivity index (χ0) is 13.4. The number of hydrogen-bond donors (Lipinski definition) is 2. The van der Waals surface area contributed by atoms with Gasteiger partial charge >= 0.3 is 0 Å². The van der Waals surface area contributed by atoms with Gasteiger partial charge in [-0.05, 0) is 12.5 Å². The first-order valence-corrected chi connectivity index (χ1v) is 7.16. The Kier molecular flexibility index (Phi) is 6.38. The van der Waals surface area contributed by atoms with Crippen molar-refractivity contribution < 1.29 is 13.7 Å². The zero-order valence-corrected chi connectivity index (χ0v) is 10.9. The van der Waals surface area contributed by atoms with Crippen molar-refractivity contribution in [2.75, 3.05) is 18.1 Å². The van der Waals surface area contributed by atoms with E-state index in [1.807, 2.05) is 24.3 Å². The van der Waals surface area contributed by atoms with E-state index in [0.29, 0.717) is 25.3 Å². The van der Waals surface area contributed by atoms with Crippen LogP contribution in [0.3, 0.4) is 0 Å². The zero-order valence-electron chi connectivity index (χ0n) is 10.1. The molecular formula is C12H18N2O3S. The number of carbonyl (C=O) groups excluding carboxylic acids is 1. The average molecular weight is 270 g/mol. The topological polar surface area (TPSA) is 95.4 Å². The van der Waals surface area contributed by atoms with Crippen LogP contribution in [0.5, 0.6) is 5.75 Å². The van der Waals surface area contributed by atoms with E-state index in [1.165, 1.54) is 0 Å². The Morgan fingerprint density at radius 2 is 2.06 bits per heavy atom. The number of nitrogens with two attached hydrogens (primary N) is 2. The molecule has 0 radical (unpaired) electrons. The standard InChI is InChI=1S/C12H18N2O3S/c13-8-10-4-1-2-5-11(10)17-6-3-7-18(16)9-12(14)15/h1-2,4-5H,3,6-9,13H2,(H2,14,15). The van der Waals surface area contributed by atoms with Crippen LogP contribution in [0.1, 0.15) is 12.0 Å². The van der Waals surface area contributed by atoms with Gasteiger partial charge in [0.15, 0.2) is 0 Å². The summed E-state index contributed by atoms with van der Waals surface area (Å²) in [7, 11) is -1.19. The molecule has 6 heteroatoms. The molecule has 1 atom stereocenters. The van der Waals surface area contributed by atoms with Crippen LogP contribution in [0.25, 0.3) is 0 Å². The third kappa shape index (κ3) is 5.29. The molecule has 0 aliphatic carbocycles. The lowest BCUT2D eigenvalue weighted by Crippen LogP contribution is -2.21. The fraction of sp³-hybridized carbons (Fsp3) is 0.417. The number of primary amides is 1. The molecule has 1 rings (SSSR count). The van der Waals surface area contributed by atoms with Crippen LogP contribution in [0.15, 0.2) is 24.3 Å². The van der Waals surface area contributed by atoms with Gasteiger partial charge < -0.3 is 16.2 Å². The highest BCUT2D eigenvalue weighted by atomic mass is 32.2. The summed E-state index contributed by atoms with van der Waals surface area (Å²) in [5.74, 6) is 0.538. The fourth-order valence-electron chi connectivity index (χ4n) is 1.45. The molecule has 0 bridgehead atoms. The molecule has 0 saturated heterocycles. The predicted molar refractivity (Wildman–Crippen MR) is 71.5 cm³/mol. The number of benzene rings is 1. The van der Waals surface area contributed by atoms with Crippen LogP contribution in [0, 0.1) is 0 Å². The van der Waals surface area contributed by atoms with E-state index in [-0.39, 0.29) is 5.75 Å². The smallest absolute Gasteiger partial charge is 0.230 e. The summed E-state index contributed by atoms with van der Waals surface area (Å²) in [4.78, 5) is 10.5. The number of hydrogen-bond acceptors (Lipinski definition) is 4. The third-order valence-corrected chi connectivity index (χ3v) is 3.62. The van der Waals surface area contributed by atoms with Crippen molar-refractivity contribution in [1.82, 2.24) is 0 Å². The monoisotopic (exact) mass is 270 g/mol. The Labute approximate surface area is 109 Å². The predicted octanol–water partition coefficient (Wildman–Crippen LogP) is 0.148. The highest BCUT2D eigenvalue weighted by Gasteiger charge is 2.05. The average Bonchev–Trinajstić information content (AvgIpc) is 2.34. The van der Waals surface area contributed by atoms with E-state index >= 15 is 0 Å². The first-order valence-electron chi connectivity index (χ1n) is 5.67. The molecule has 18 heavy (non-hydrogen) atoms. The Morgan fingerprint density at radius 1 is 1.33 bits per heavy atom. The summed E-state index contributed by atoms with van der Waals surface area (Å²) in [6.45, 7) is 0.866. The molecule has 1 amide bonds. The first kappa shape index (κ1) is 14.7. The maximum Gasteiger partial charge on any atom is 0.230 e. The van der Waals surface area contributed by atoms with Crippen LogP contribution in [-0.2, 0) is 22.1 Å². The molecule has 0 fully saturated rings. The van der Waals surface area contributed by atoms with Crippen molar-refractivity contribution >= 4 is 16.7 Å². The minimum Gasteiger partial charge on any atom is -0.493 e. The van der Waals surface area contributed by atoms with Gasteiger partial charge in [0.25, 0.3) is 0 Å². The normalized spacial score (nSPS) is 12.1. The van der Waals surface area contributed by atoms with Gasteiger partial charge in [-0.2, -0.15) is 0 Å². The second-order valence-electron chi connectivity index (χ2n) is 3.77. The molecule has 0 heterocycles. The van der Waals surface area contributed by atoms with Crippen LogP contribution >= 0.6 is 0 Å². The summed E-state index contributed by atoms with van der Waals surface area (Å²) in [6, 6.07) is 7.53. The van der Waals surface area contributed by atoms with Crippen LogP contribution in [0.4, 0.5) is 0 Å².